The molecule has 5 aromatic carbocycles. The van der Waals surface area contributed by atoms with Gasteiger partial charge in [0.1, 0.15) is 5.69 Å². The van der Waals surface area contributed by atoms with Crippen LogP contribution < -0.4 is 4.90 Å². The number of amides is 2. The lowest BCUT2D eigenvalue weighted by molar-refractivity contribution is -0.384. The van der Waals surface area contributed by atoms with Crippen molar-refractivity contribution in [1.82, 2.24) is 0 Å². The number of ketones is 1. The fourth-order valence-electron chi connectivity index (χ4n) is 8.63. The van der Waals surface area contributed by atoms with Crippen molar-refractivity contribution in [2.24, 2.45) is 11.8 Å². The molecule has 3 aliphatic rings. The van der Waals surface area contributed by atoms with Crippen LogP contribution in [0.15, 0.2) is 127 Å². The summed E-state index contributed by atoms with van der Waals surface area (Å²) in [6, 6.07) is 38.0. The zero-order valence-corrected chi connectivity index (χ0v) is 27.3. The molecule has 1 heterocycles. The second-order valence-electron chi connectivity index (χ2n) is 13.0. The third kappa shape index (κ3) is 3.99. The molecule has 0 aromatic heterocycles. The molecule has 7 nitrogen and oxygen atoms in total. The molecule has 8 heteroatoms. The number of imide groups is 1. The first-order valence-electron chi connectivity index (χ1n) is 16.0. The van der Waals surface area contributed by atoms with Crippen molar-refractivity contribution in [3.63, 3.8) is 0 Å². The second kappa shape index (κ2) is 10.9. The zero-order valence-electron chi connectivity index (χ0n) is 26.6. The molecule has 49 heavy (non-hydrogen) atoms. The normalized spacial score (nSPS) is 24.1. The Bertz CT molecular complexity index is 2120. The average molecular weight is 665 g/mol. The Hall–Kier alpha value is -5.66. The van der Waals surface area contributed by atoms with Gasteiger partial charge in [0.15, 0.2) is 5.78 Å². The van der Waals surface area contributed by atoms with E-state index in [2.05, 4.69) is 0 Å². The van der Waals surface area contributed by atoms with Crippen LogP contribution in [-0.2, 0) is 25.2 Å². The summed E-state index contributed by atoms with van der Waals surface area (Å²) in [5.74, 6) is -3.98. The molecule has 1 aliphatic heterocycles. The van der Waals surface area contributed by atoms with Crippen LogP contribution in [0.3, 0.4) is 0 Å². The van der Waals surface area contributed by atoms with Gasteiger partial charge in [-0.25, -0.2) is 4.90 Å². The number of rotatable bonds is 6. The third-order valence-electron chi connectivity index (χ3n) is 10.5. The largest absolute Gasteiger partial charge is 0.297 e. The maximum Gasteiger partial charge on any atom is 0.294 e. The summed E-state index contributed by atoms with van der Waals surface area (Å²) >= 11 is 6.17. The number of nitro groups is 1. The SMILES string of the molecule is Cc1ccc(C2=C(c3ccc(C)cc3)[C@@]3(c4ccccc4)C(=O)[C@@]2(c2ccccc2)[C@H]2C(=O)N(c4ccc(Cl)cc4[N+](=O)[O-])C(=O)[C@@H]23)cc1. The lowest BCUT2D eigenvalue weighted by atomic mass is 9.59. The number of allylic oxidation sites excluding steroid dienone is 2. The summed E-state index contributed by atoms with van der Waals surface area (Å²) in [5.41, 5.74) is 2.17. The number of carbonyl (C=O) groups excluding carboxylic acids is 3. The summed E-state index contributed by atoms with van der Waals surface area (Å²) < 4.78 is 0. The second-order valence-corrected chi connectivity index (χ2v) is 13.5. The van der Waals surface area contributed by atoms with E-state index in [4.69, 9.17) is 11.6 Å². The number of anilines is 1. The first kappa shape index (κ1) is 30.7. The van der Waals surface area contributed by atoms with Gasteiger partial charge in [0.05, 0.1) is 27.6 Å². The number of nitro benzene ring substituents is 1. The van der Waals surface area contributed by atoms with Crippen LogP contribution in [-0.4, -0.2) is 22.5 Å². The third-order valence-corrected chi connectivity index (χ3v) is 10.7. The Balaban J connectivity index is 1.55. The van der Waals surface area contributed by atoms with E-state index in [0.29, 0.717) is 22.3 Å². The number of fused-ring (bicyclic) bond motifs is 5. The van der Waals surface area contributed by atoms with Gasteiger partial charge in [0, 0.05) is 11.1 Å². The average Bonchev–Trinajstić information content (AvgIpc) is 3.62. The van der Waals surface area contributed by atoms with Gasteiger partial charge >= 0.3 is 0 Å². The van der Waals surface area contributed by atoms with E-state index in [1.165, 1.54) is 12.1 Å². The highest BCUT2D eigenvalue weighted by Gasteiger charge is 2.83. The summed E-state index contributed by atoms with van der Waals surface area (Å²) in [4.78, 5) is 58.9. The van der Waals surface area contributed by atoms with Crippen molar-refractivity contribution in [1.29, 1.82) is 0 Å². The fourth-order valence-corrected chi connectivity index (χ4v) is 8.80. The number of aryl methyl sites for hydroxylation is 2. The van der Waals surface area contributed by atoms with Gasteiger partial charge in [-0.05, 0) is 59.4 Å². The monoisotopic (exact) mass is 664 g/mol. The number of Topliss-reactive ketones (excluding diaryl/α,β-unsaturated/α-hetero) is 1. The highest BCUT2D eigenvalue weighted by molar-refractivity contribution is 6.39. The molecule has 8 rings (SSSR count). The highest BCUT2D eigenvalue weighted by atomic mass is 35.5. The summed E-state index contributed by atoms with van der Waals surface area (Å²) in [6.45, 7) is 3.96. The number of halogens is 1. The van der Waals surface area contributed by atoms with Crippen molar-refractivity contribution >= 4 is 51.7 Å². The molecular formula is C41H29ClN2O5. The van der Waals surface area contributed by atoms with Crippen LogP contribution in [0, 0.1) is 35.8 Å². The molecule has 4 atom stereocenters. The molecular weight excluding hydrogens is 636 g/mol. The zero-order chi connectivity index (χ0) is 34.2. The number of hydrogen-bond donors (Lipinski definition) is 0. The van der Waals surface area contributed by atoms with E-state index in [1.807, 2.05) is 123 Å². The van der Waals surface area contributed by atoms with Crippen LogP contribution in [0.4, 0.5) is 11.4 Å². The molecule has 0 unspecified atom stereocenters. The molecule has 0 radical (unpaired) electrons. The first-order chi connectivity index (χ1) is 23.6. The maximum atomic E-state index is 16.0. The Labute approximate surface area is 287 Å². The van der Waals surface area contributed by atoms with E-state index in [-0.39, 0.29) is 16.5 Å². The number of hydrogen-bond acceptors (Lipinski definition) is 5. The standard InChI is InChI=1S/C41H29ClN2O5/c1-24-13-17-26(18-14-24)33-34(27-19-15-25(2)16-20-27)41(29-11-7-4-8-12-29)36-35(40(33,39(41)47)28-9-5-3-6-10-28)37(45)43(38(36)46)31-22-21-30(42)23-32(31)44(48)49/h3-23,35-36H,1-2H3/t35-,36-,40-,41-/m1/s1. The Morgan fingerprint density at radius 2 is 1.06 bits per heavy atom. The molecule has 2 bridgehead atoms. The summed E-state index contributed by atoms with van der Waals surface area (Å²) in [7, 11) is 0. The van der Waals surface area contributed by atoms with E-state index >= 15 is 14.4 Å². The smallest absolute Gasteiger partial charge is 0.294 e. The van der Waals surface area contributed by atoms with E-state index in [0.717, 1.165) is 33.2 Å². The van der Waals surface area contributed by atoms with Crippen molar-refractivity contribution in [3.8, 4) is 0 Å². The fraction of sp³-hybridized carbons (Fsp3) is 0.146. The lowest BCUT2D eigenvalue weighted by Crippen LogP contribution is -2.45. The maximum absolute atomic E-state index is 16.0. The Morgan fingerprint density at radius 3 is 1.47 bits per heavy atom. The molecule has 5 aromatic rings. The topological polar surface area (TPSA) is 97.6 Å². The minimum atomic E-state index is -1.61. The minimum Gasteiger partial charge on any atom is -0.297 e. The number of benzene rings is 5. The Morgan fingerprint density at radius 1 is 0.633 bits per heavy atom. The van der Waals surface area contributed by atoms with Crippen LogP contribution >= 0.6 is 11.6 Å². The van der Waals surface area contributed by atoms with Gasteiger partial charge in [-0.15, -0.1) is 0 Å². The lowest BCUT2D eigenvalue weighted by Gasteiger charge is -2.39. The van der Waals surface area contributed by atoms with Crippen molar-refractivity contribution in [2.75, 3.05) is 4.90 Å². The van der Waals surface area contributed by atoms with Crippen molar-refractivity contribution < 1.29 is 19.3 Å². The molecule has 1 saturated heterocycles. The molecule has 2 fully saturated rings. The number of nitrogens with zero attached hydrogens (tertiary/aromatic N) is 2. The molecule has 0 spiro atoms. The molecule has 0 N–H and O–H groups in total. The van der Waals surface area contributed by atoms with Gasteiger partial charge in [-0.1, -0.05) is 132 Å². The highest BCUT2D eigenvalue weighted by Crippen LogP contribution is 2.74. The molecule has 2 aliphatic carbocycles. The van der Waals surface area contributed by atoms with Crippen molar-refractivity contribution in [3.05, 3.63) is 176 Å². The van der Waals surface area contributed by atoms with Gasteiger partial charge in [-0.2, -0.15) is 0 Å². The van der Waals surface area contributed by atoms with E-state index in [9.17, 15) is 10.1 Å². The minimum absolute atomic E-state index is 0.0940. The number of carbonyl (C=O) groups is 3. The van der Waals surface area contributed by atoms with Crippen LogP contribution in [0.5, 0.6) is 0 Å². The van der Waals surface area contributed by atoms with E-state index in [1.54, 1.807) is 0 Å². The van der Waals surface area contributed by atoms with Crippen LogP contribution in [0.25, 0.3) is 11.1 Å². The predicted molar refractivity (Wildman–Crippen MR) is 188 cm³/mol. The van der Waals surface area contributed by atoms with E-state index < -0.39 is 45.1 Å². The first-order valence-corrected chi connectivity index (χ1v) is 16.4. The summed E-state index contributed by atoms with van der Waals surface area (Å²) in [6.07, 6.45) is 0. The van der Waals surface area contributed by atoms with Crippen LogP contribution in [0.2, 0.25) is 5.02 Å². The predicted octanol–water partition coefficient (Wildman–Crippen LogP) is 8.05. The van der Waals surface area contributed by atoms with Crippen LogP contribution in [0.1, 0.15) is 33.4 Å². The molecule has 240 valence electrons. The summed E-state index contributed by atoms with van der Waals surface area (Å²) in [5, 5.41) is 12.4. The van der Waals surface area contributed by atoms with Gasteiger partial charge < -0.3 is 0 Å². The van der Waals surface area contributed by atoms with Gasteiger partial charge in [0.25, 0.3) is 5.69 Å². The van der Waals surface area contributed by atoms with Gasteiger partial charge in [-0.3, -0.25) is 24.5 Å². The molecule has 2 amide bonds. The quantitative estimate of drug-likeness (QED) is 0.104. The Kier molecular flexibility index (Phi) is 6.84. The van der Waals surface area contributed by atoms with Crippen molar-refractivity contribution in [2.45, 2.75) is 24.7 Å². The van der Waals surface area contributed by atoms with Gasteiger partial charge in [0.2, 0.25) is 11.8 Å². The molecule has 1 saturated carbocycles.